The largest absolute Gasteiger partial charge is 0.393 e. The molecule has 94 valence electrons. The number of nitrogens with two attached hydrogens (primary N) is 1. The van der Waals surface area contributed by atoms with Gasteiger partial charge in [0.15, 0.2) is 11.5 Å². The molecule has 0 fully saturated rings. The van der Waals surface area contributed by atoms with Crippen molar-refractivity contribution in [3.05, 3.63) is 17.8 Å². The number of amides is 1. The van der Waals surface area contributed by atoms with Crippen molar-refractivity contribution in [2.24, 2.45) is 5.84 Å². The molecule has 0 radical (unpaired) electrons. The minimum atomic E-state index is -0.430. The molecule has 0 saturated carbocycles. The van der Waals surface area contributed by atoms with Crippen molar-refractivity contribution < 1.29 is 9.90 Å². The van der Waals surface area contributed by atoms with E-state index in [1.165, 1.54) is 4.90 Å². The van der Waals surface area contributed by atoms with E-state index in [0.717, 1.165) is 0 Å². The number of nitrogen functional groups attached to an aromatic ring is 1. The summed E-state index contributed by atoms with van der Waals surface area (Å²) in [6.07, 6.45) is 0.0955. The lowest BCUT2D eigenvalue weighted by Gasteiger charge is -2.17. The maximum atomic E-state index is 11.8. The third-order valence-corrected chi connectivity index (χ3v) is 2.26. The smallest absolute Gasteiger partial charge is 0.274 e. The number of aliphatic hydroxyl groups excluding tert-OH is 1. The molecular formula is C10H17N5O2. The van der Waals surface area contributed by atoms with Gasteiger partial charge in [0.2, 0.25) is 0 Å². The van der Waals surface area contributed by atoms with Crippen LogP contribution in [0.3, 0.4) is 0 Å². The van der Waals surface area contributed by atoms with Gasteiger partial charge in [0.1, 0.15) is 0 Å². The van der Waals surface area contributed by atoms with Crippen LogP contribution in [0.2, 0.25) is 0 Å². The summed E-state index contributed by atoms with van der Waals surface area (Å²) in [5, 5.41) is 16.6. The molecule has 1 unspecified atom stereocenters. The first-order valence-electron chi connectivity index (χ1n) is 5.28. The first-order valence-corrected chi connectivity index (χ1v) is 5.28. The monoisotopic (exact) mass is 239 g/mol. The second kappa shape index (κ2) is 6.12. The van der Waals surface area contributed by atoms with Crippen LogP contribution in [0.1, 0.15) is 23.8 Å². The van der Waals surface area contributed by atoms with E-state index in [9.17, 15) is 4.79 Å². The van der Waals surface area contributed by atoms with Crippen LogP contribution in [-0.4, -0.2) is 45.8 Å². The second-order valence-electron chi connectivity index (χ2n) is 3.81. The summed E-state index contributed by atoms with van der Waals surface area (Å²) in [5.41, 5.74) is 2.58. The molecule has 1 amide bonds. The molecule has 7 heteroatoms. The van der Waals surface area contributed by atoms with Crippen molar-refractivity contribution in [2.75, 3.05) is 19.0 Å². The van der Waals surface area contributed by atoms with Crippen LogP contribution in [0, 0.1) is 0 Å². The van der Waals surface area contributed by atoms with Gasteiger partial charge in [-0.25, -0.2) is 5.84 Å². The topological polar surface area (TPSA) is 104 Å². The van der Waals surface area contributed by atoms with Gasteiger partial charge in [-0.2, -0.15) is 0 Å². The van der Waals surface area contributed by atoms with E-state index >= 15 is 0 Å². The molecule has 0 aliphatic heterocycles. The Bertz CT molecular complexity index is 365. The summed E-state index contributed by atoms with van der Waals surface area (Å²) in [6.45, 7) is 2.15. The Balaban J connectivity index is 2.61. The van der Waals surface area contributed by atoms with Gasteiger partial charge in [-0.3, -0.25) is 4.79 Å². The van der Waals surface area contributed by atoms with Crippen LogP contribution >= 0.6 is 0 Å². The number of aliphatic hydroxyl groups is 1. The maximum Gasteiger partial charge on any atom is 0.274 e. The second-order valence-corrected chi connectivity index (χ2v) is 3.81. The third kappa shape index (κ3) is 3.97. The lowest BCUT2D eigenvalue weighted by atomic mass is 10.2. The van der Waals surface area contributed by atoms with Crippen molar-refractivity contribution in [3.8, 4) is 0 Å². The van der Waals surface area contributed by atoms with Crippen LogP contribution in [0.5, 0.6) is 0 Å². The zero-order chi connectivity index (χ0) is 12.8. The predicted molar refractivity (Wildman–Crippen MR) is 63.1 cm³/mol. The molecule has 1 aromatic heterocycles. The van der Waals surface area contributed by atoms with E-state index < -0.39 is 6.10 Å². The van der Waals surface area contributed by atoms with Gasteiger partial charge in [-0.1, -0.05) is 0 Å². The zero-order valence-corrected chi connectivity index (χ0v) is 9.92. The molecule has 7 nitrogen and oxygen atoms in total. The fourth-order valence-corrected chi connectivity index (χ4v) is 1.20. The quantitative estimate of drug-likeness (QED) is 0.477. The Morgan fingerprint density at radius 1 is 1.59 bits per heavy atom. The Morgan fingerprint density at radius 2 is 2.29 bits per heavy atom. The molecule has 4 N–H and O–H groups in total. The van der Waals surface area contributed by atoms with Gasteiger partial charge in [0.05, 0.1) is 6.10 Å². The summed E-state index contributed by atoms with van der Waals surface area (Å²) >= 11 is 0. The lowest BCUT2D eigenvalue weighted by molar-refractivity contribution is 0.0762. The number of nitrogens with zero attached hydrogens (tertiary/aromatic N) is 3. The average Bonchev–Trinajstić information content (AvgIpc) is 2.35. The van der Waals surface area contributed by atoms with Gasteiger partial charge in [-0.05, 0) is 25.5 Å². The number of hydrogen-bond acceptors (Lipinski definition) is 6. The molecule has 0 aromatic carbocycles. The Labute approximate surface area is 99.6 Å². The fourth-order valence-electron chi connectivity index (χ4n) is 1.20. The Kier molecular flexibility index (Phi) is 4.80. The molecule has 1 heterocycles. The van der Waals surface area contributed by atoms with E-state index in [4.69, 9.17) is 10.9 Å². The number of rotatable bonds is 5. The first-order chi connectivity index (χ1) is 8.04. The minimum Gasteiger partial charge on any atom is -0.393 e. The highest BCUT2D eigenvalue weighted by Gasteiger charge is 2.14. The Hall–Kier alpha value is -1.73. The van der Waals surface area contributed by atoms with Gasteiger partial charge >= 0.3 is 0 Å². The van der Waals surface area contributed by atoms with E-state index in [0.29, 0.717) is 18.8 Å². The van der Waals surface area contributed by atoms with Crippen LogP contribution in [0.25, 0.3) is 0 Å². The van der Waals surface area contributed by atoms with Gasteiger partial charge < -0.3 is 15.4 Å². The molecule has 1 aromatic rings. The van der Waals surface area contributed by atoms with Crippen molar-refractivity contribution in [3.63, 3.8) is 0 Å². The Morgan fingerprint density at radius 3 is 2.76 bits per heavy atom. The van der Waals surface area contributed by atoms with Crippen molar-refractivity contribution >= 4 is 11.7 Å². The van der Waals surface area contributed by atoms with E-state index in [-0.39, 0.29) is 11.6 Å². The number of hydrazine groups is 1. The number of anilines is 1. The van der Waals surface area contributed by atoms with Gasteiger partial charge in [-0.15, -0.1) is 10.2 Å². The molecule has 0 saturated heterocycles. The minimum absolute atomic E-state index is 0.235. The zero-order valence-electron chi connectivity index (χ0n) is 9.92. The predicted octanol–water partition coefficient (Wildman–Crippen LogP) is -0.395. The number of carbonyl (C=O) groups is 1. The third-order valence-electron chi connectivity index (χ3n) is 2.26. The van der Waals surface area contributed by atoms with E-state index in [1.54, 1.807) is 26.1 Å². The SMILES string of the molecule is CC(O)CCN(C)C(=O)c1ccc(NN)nn1. The average molecular weight is 239 g/mol. The number of carbonyl (C=O) groups excluding carboxylic acids is 1. The van der Waals surface area contributed by atoms with Crippen molar-refractivity contribution in [1.82, 2.24) is 15.1 Å². The normalized spacial score (nSPS) is 12.0. The summed E-state index contributed by atoms with van der Waals surface area (Å²) in [7, 11) is 1.65. The first kappa shape index (κ1) is 13.3. The van der Waals surface area contributed by atoms with Crippen LogP contribution in [-0.2, 0) is 0 Å². The summed E-state index contributed by atoms with van der Waals surface area (Å²) in [6, 6.07) is 3.12. The number of nitrogens with one attached hydrogen (secondary N) is 1. The molecule has 0 aliphatic rings. The molecule has 17 heavy (non-hydrogen) atoms. The molecule has 0 spiro atoms. The van der Waals surface area contributed by atoms with Crippen LogP contribution < -0.4 is 11.3 Å². The molecule has 1 rings (SSSR count). The molecular weight excluding hydrogens is 222 g/mol. The summed E-state index contributed by atoms with van der Waals surface area (Å²) in [5.74, 6) is 5.30. The summed E-state index contributed by atoms with van der Waals surface area (Å²) in [4.78, 5) is 13.3. The summed E-state index contributed by atoms with van der Waals surface area (Å²) < 4.78 is 0. The highest BCUT2D eigenvalue weighted by molar-refractivity contribution is 5.92. The molecule has 1 atom stereocenters. The highest BCUT2D eigenvalue weighted by Crippen LogP contribution is 2.04. The van der Waals surface area contributed by atoms with Crippen molar-refractivity contribution in [2.45, 2.75) is 19.4 Å². The van der Waals surface area contributed by atoms with Gasteiger partial charge in [0.25, 0.3) is 5.91 Å². The van der Waals surface area contributed by atoms with E-state index in [2.05, 4.69) is 15.6 Å². The van der Waals surface area contributed by atoms with E-state index in [1.807, 2.05) is 0 Å². The standard InChI is InChI=1S/C10H17N5O2/c1-7(16)5-6-15(2)10(17)8-3-4-9(12-11)14-13-8/h3-4,7,16H,5-6,11H2,1-2H3,(H,12,14). The number of hydrogen-bond donors (Lipinski definition) is 3. The highest BCUT2D eigenvalue weighted by atomic mass is 16.3. The molecule has 0 aliphatic carbocycles. The number of aromatic nitrogens is 2. The fraction of sp³-hybridized carbons (Fsp3) is 0.500. The van der Waals surface area contributed by atoms with Crippen molar-refractivity contribution in [1.29, 1.82) is 0 Å². The van der Waals surface area contributed by atoms with Crippen LogP contribution in [0.4, 0.5) is 5.82 Å². The lowest BCUT2D eigenvalue weighted by Crippen LogP contribution is -2.30. The maximum absolute atomic E-state index is 11.8. The van der Waals surface area contributed by atoms with Gasteiger partial charge in [0, 0.05) is 13.6 Å². The molecule has 0 bridgehead atoms. The van der Waals surface area contributed by atoms with Crippen LogP contribution in [0.15, 0.2) is 12.1 Å².